The van der Waals surface area contributed by atoms with Crippen LogP contribution in [0.4, 0.5) is 5.69 Å². The number of nitrogens with zero attached hydrogens (tertiary/aromatic N) is 1. The number of hydrogen-bond acceptors (Lipinski definition) is 7. The summed E-state index contributed by atoms with van der Waals surface area (Å²) >= 11 is 0. The first kappa shape index (κ1) is 21.0. The number of primary amides is 1. The maximum atomic E-state index is 11.6. The Hall–Kier alpha value is -3.68. The molecular weight excluding hydrogens is 384 g/mol. The van der Waals surface area contributed by atoms with Crippen molar-refractivity contribution < 1.29 is 19.0 Å². The molecule has 0 aromatic heterocycles. The summed E-state index contributed by atoms with van der Waals surface area (Å²) < 4.78 is 16.3. The lowest BCUT2D eigenvalue weighted by atomic mass is 9.95. The van der Waals surface area contributed by atoms with E-state index in [4.69, 9.17) is 19.9 Å². The Morgan fingerprint density at radius 2 is 1.67 bits per heavy atom. The number of methoxy groups -OCH3 is 3. The second-order valence-corrected chi connectivity index (χ2v) is 6.88. The molecule has 30 heavy (non-hydrogen) atoms. The summed E-state index contributed by atoms with van der Waals surface area (Å²) in [6, 6.07) is 9.58. The van der Waals surface area contributed by atoms with Gasteiger partial charge in [-0.25, -0.2) is 4.99 Å². The lowest BCUT2D eigenvalue weighted by Gasteiger charge is -2.37. The Morgan fingerprint density at radius 3 is 2.10 bits per heavy atom. The number of anilines is 1. The molecule has 1 atom stereocenters. The third-order valence-corrected chi connectivity index (χ3v) is 4.95. The van der Waals surface area contributed by atoms with Gasteiger partial charge in [0.2, 0.25) is 11.5 Å². The predicted octanol–water partition coefficient (Wildman–Crippen LogP) is 2.59. The van der Waals surface area contributed by atoms with Crippen LogP contribution in [-0.2, 0) is 10.6 Å². The number of benzene rings is 2. The van der Waals surface area contributed by atoms with Crippen molar-refractivity contribution in [3.63, 3.8) is 0 Å². The van der Waals surface area contributed by atoms with E-state index in [2.05, 4.69) is 15.6 Å². The van der Waals surface area contributed by atoms with E-state index >= 15 is 0 Å². The summed E-state index contributed by atoms with van der Waals surface area (Å²) in [6.45, 7) is 4.01. The fourth-order valence-corrected chi connectivity index (χ4v) is 3.57. The van der Waals surface area contributed by atoms with Crippen molar-refractivity contribution in [1.82, 2.24) is 5.32 Å². The SMILES string of the molecule is COc1cc(NC2(c3c(C)cccc3C)N=CC(C(N)=O)=CN2)cc(OC)c1OC. The van der Waals surface area contributed by atoms with E-state index in [1.54, 1.807) is 39.7 Å². The first-order valence-corrected chi connectivity index (χ1v) is 9.33. The van der Waals surface area contributed by atoms with Gasteiger partial charge < -0.3 is 30.6 Å². The van der Waals surface area contributed by atoms with Crippen molar-refractivity contribution in [3.05, 3.63) is 58.8 Å². The van der Waals surface area contributed by atoms with Crippen LogP contribution in [0, 0.1) is 13.8 Å². The highest BCUT2D eigenvalue weighted by atomic mass is 16.5. The van der Waals surface area contributed by atoms with E-state index in [9.17, 15) is 4.79 Å². The molecule has 1 unspecified atom stereocenters. The number of aryl methyl sites for hydroxylation is 2. The maximum absolute atomic E-state index is 11.6. The molecule has 8 nitrogen and oxygen atoms in total. The standard InChI is InChI=1S/C22H26N4O4/c1-13-7-6-8-14(2)19(13)22(24-11-15(12-25-22)21(23)27)26-16-9-17(28-3)20(30-5)18(10-16)29-4/h6-12,24,26H,1-5H3,(H2,23,27). The fraction of sp³-hybridized carbons (Fsp3) is 0.273. The number of ether oxygens (including phenoxy) is 3. The van der Waals surface area contributed by atoms with Gasteiger partial charge in [-0.05, 0) is 25.0 Å². The summed E-state index contributed by atoms with van der Waals surface area (Å²) in [5, 5.41) is 6.66. The Labute approximate surface area is 175 Å². The Morgan fingerprint density at radius 1 is 1.07 bits per heavy atom. The smallest absolute Gasteiger partial charge is 0.251 e. The van der Waals surface area contributed by atoms with Crippen LogP contribution < -0.4 is 30.6 Å². The molecular formula is C22H26N4O4. The van der Waals surface area contributed by atoms with Crippen molar-refractivity contribution >= 4 is 17.8 Å². The summed E-state index contributed by atoms with van der Waals surface area (Å²) in [6.07, 6.45) is 3.03. The highest BCUT2D eigenvalue weighted by molar-refractivity contribution is 6.11. The van der Waals surface area contributed by atoms with Gasteiger partial charge in [0.1, 0.15) is 0 Å². The van der Waals surface area contributed by atoms with Gasteiger partial charge in [0.25, 0.3) is 5.91 Å². The molecule has 1 aliphatic rings. The van der Waals surface area contributed by atoms with E-state index < -0.39 is 11.7 Å². The number of amides is 1. The molecule has 0 saturated heterocycles. The van der Waals surface area contributed by atoms with Crippen molar-refractivity contribution in [1.29, 1.82) is 0 Å². The van der Waals surface area contributed by atoms with Crippen LogP contribution in [0.5, 0.6) is 17.2 Å². The van der Waals surface area contributed by atoms with Crippen LogP contribution in [0.2, 0.25) is 0 Å². The minimum atomic E-state index is -1.07. The Kier molecular flexibility index (Phi) is 5.86. The van der Waals surface area contributed by atoms with E-state index in [0.29, 0.717) is 22.9 Å². The van der Waals surface area contributed by atoms with Gasteiger partial charge in [0.05, 0.1) is 26.9 Å². The lowest BCUT2D eigenvalue weighted by Crippen LogP contribution is -2.48. The number of carbonyl (C=O) groups excluding carboxylic acids is 1. The normalized spacial score (nSPS) is 17.6. The third kappa shape index (κ3) is 3.76. The molecule has 1 amide bonds. The lowest BCUT2D eigenvalue weighted by molar-refractivity contribution is -0.114. The van der Waals surface area contributed by atoms with Crippen molar-refractivity contribution in [2.24, 2.45) is 10.7 Å². The van der Waals surface area contributed by atoms with E-state index in [-0.39, 0.29) is 5.57 Å². The molecule has 2 aromatic carbocycles. The highest BCUT2D eigenvalue weighted by Gasteiger charge is 2.36. The van der Waals surface area contributed by atoms with Crippen LogP contribution in [0.25, 0.3) is 0 Å². The number of carbonyl (C=O) groups is 1. The molecule has 158 valence electrons. The number of rotatable bonds is 7. The molecule has 0 fully saturated rings. The van der Waals surface area contributed by atoms with Gasteiger partial charge in [0.15, 0.2) is 11.5 Å². The number of nitrogens with one attached hydrogen (secondary N) is 2. The van der Waals surface area contributed by atoms with Gasteiger partial charge in [-0.15, -0.1) is 0 Å². The fourth-order valence-electron chi connectivity index (χ4n) is 3.57. The average molecular weight is 410 g/mol. The minimum absolute atomic E-state index is 0.281. The Bertz CT molecular complexity index is 987. The zero-order valence-electron chi connectivity index (χ0n) is 17.7. The van der Waals surface area contributed by atoms with Crippen LogP contribution in [0.3, 0.4) is 0 Å². The molecule has 0 bridgehead atoms. The average Bonchev–Trinajstić information content (AvgIpc) is 2.73. The van der Waals surface area contributed by atoms with Gasteiger partial charge >= 0.3 is 0 Å². The number of hydrogen-bond donors (Lipinski definition) is 3. The molecule has 0 aliphatic carbocycles. The molecule has 1 heterocycles. The monoisotopic (exact) mass is 410 g/mol. The predicted molar refractivity (Wildman–Crippen MR) is 116 cm³/mol. The van der Waals surface area contributed by atoms with Gasteiger partial charge in [-0.2, -0.15) is 0 Å². The van der Waals surface area contributed by atoms with Crippen LogP contribution in [-0.4, -0.2) is 33.5 Å². The molecule has 0 radical (unpaired) electrons. The van der Waals surface area contributed by atoms with Gasteiger partial charge in [-0.1, -0.05) is 18.2 Å². The molecule has 1 aliphatic heterocycles. The minimum Gasteiger partial charge on any atom is -0.493 e. The van der Waals surface area contributed by atoms with Gasteiger partial charge in [0, 0.05) is 35.8 Å². The van der Waals surface area contributed by atoms with E-state index in [1.807, 2.05) is 32.0 Å². The van der Waals surface area contributed by atoms with Crippen molar-refractivity contribution in [2.75, 3.05) is 26.6 Å². The number of nitrogens with two attached hydrogens (primary N) is 1. The van der Waals surface area contributed by atoms with Gasteiger partial charge in [-0.3, -0.25) is 4.79 Å². The summed E-state index contributed by atoms with van der Waals surface area (Å²) in [4.78, 5) is 16.3. The Balaban J connectivity index is 2.14. The van der Waals surface area contributed by atoms with E-state index in [1.165, 1.54) is 6.21 Å². The van der Waals surface area contributed by atoms with Crippen LogP contribution >= 0.6 is 0 Å². The summed E-state index contributed by atoms with van der Waals surface area (Å²) in [5.74, 6) is -0.135. The first-order chi connectivity index (χ1) is 14.3. The van der Waals surface area contributed by atoms with Crippen LogP contribution in [0.1, 0.15) is 16.7 Å². The molecule has 0 saturated carbocycles. The molecule has 8 heteroatoms. The highest BCUT2D eigenvalue weighted by Crippen LogP contribution is 2.42. The maximum Gasteiger partial charge on any atom is 0.251 e. The second-order valence-electron chi connectivity index (χ2n) is 6.88. The zero-order chi connectivity index (χ0) is 21.9. The largest absolute Gasteiger partial charge is 0.493 e. The second kappa shape index (κ2) is 8.36. The summed E-state index contributed by atoms with van der Waals surface area (Å²) in [7, 11) is 4.66. The third-order valence-electron chi connectivity index (χ3n) is 4.95. The van der Waals surface area contributed by atoms with Crippen molar-refractivity contribution in [2.45, 2.75) is 19.6 Å². The molecule has 2 aromatic rings. The molecule has 3 rings (SSSR count). The first-order valence-electron chi connectivity index (χ1n) is 9.33. The van der Waals surface area contributed by atoms with Crippen LogP contribution in [0.15, 0.2) is 47.1 Å². The number of aliphatic imine (C=N–C) groups is 1. The quantitative estimate of drug-likeness (QED) is 0.648. The summed E-state index contributed by atoms with van der Waals surface area (Å²) in [5.41, 5.74) is 9.34. The van der Waals surface area contributed by atoms with Crippen molar-refractivity contribution in [3.8, 4) is 17.2 Å². The zero-order valence-corrected chi connectivity index (χ0v) is 17.7. The molecule has 4 N–H and O–H groups in total. The molecule has 0 spiro atoms. The van der Waals surface area contributed by atoms with E-state index in [0.717, 1.165) is 16.7 Å². The topological polar surface area (TPSA) is 107 Å².